The Kier molecular flexibility index (Phi) is 8.71. The van der Waals surface area contributed by atoms with Crippen LogP contribution in [0.2, 0.25) is 0 Å². The normalized spacial score (nSPS) is 12.5. The van der Waals surface area contributed by atoms with Crippen LogP contribution in [0.3, 0.4) is 0 Å². The van der Waals surface area contributed by atoms with Crippen molar-refractivity contribution in [2.24, 2.45) is 0 Å². The van der Waals surface area contributed by atoms with Crippen molar-refractivity contribution in [2.45, 2.75) is 38.5 Å². The number of hydrogen-bond donors (Lipinski definition) is 0. The van der Waals surface area contributed by atoms with E-state index in [0.717, 1.165) is 5.56 Å². The van der Waals surface area contributed by atoms with Gasteiger partial charge in [0.25, 0.3) is 0 Å². The van der Waals surface area contributed by atoms with Crippen molar-refractivity contribution in [3.63, 3.8) is 0 Å². The van der Waals surface area contributed by atoms with Crippen LogP contribution in [0.5, 0.6) is 11.5 Å². The summed E-state index contributed by atoms with van der Waals surface area (Å²) in [6.07, 6.45) is 1.06. The number of esters is 2. The highest BCUT2D eigenvalue weighted by atomic mass is 16.5. The van der Waals surface area contributed by atoms with Gasteiger partial charge >= 0.3 is 11.9 Å². The van der Waals surface area contributed by atoms with E-state index in [2.05, 4.69) is 0 Å². The summed E-state index contributed by atoms with van der Waals surface area (Å²) in [7, 11) is 3.11. The minimum atomic E-state index is -1.09. The minimum Gasteiger partial charge on any atom is -0.493 e. The van der Waals surface area contributed by atoms with Gasteiger partial charge in [-0.2, -0.15) is 0 Å². The maximum atomic E-state index is 13.4. The highest BCUT2D eigenvalue weighted by molar-refractivity contribution is 5.88. The Balaban J connectivity index is 2.58. The van der Waals surface area contributed by atoms with Crippen molar-refractivity contribution in [1.29, 1.82) is 0 Å². The molecule has 2 rings (SSSR count). The van der Waals surface area contributed by atoms with Crippen molar-refractivity contribution in [2.75, 3.05) is 27.4 Å². The molecule has 0 aliphatic rings. The predicted octanol–water partition coefficient (Wildman–Crippen LogP) is 4.29. The summed E-state index contributed by atoms with van der Waals surface area (Å²) in [5, 5.41) is 0. The third-order valence-electron chi connectivity index (χ3n) is 5.00. The molecule has 0 N–H and O–H groups in total. The number of ether oxygens (including phenoxy) is 4. The van der Waals surface area contributed by atoms with Gasteiger partial charge in [0.15, 0.2) is 11.5 Å². The lowest BCUT2D eigenvalue weighted by Gasteiger charge is -2.33. The quantitative estimate of drug-likeness (QED) is 0.511. The van der Waals surface area contributed by atoms with Crippen LogP contribution in [0.25, 0.3) is 0 Å². The highest BCUT2D eigenvalue weighted by Crippen LogP contribution is 2.42. The molecular weight excluding hydrogens is 384 g/mol. The molecule has 0 fully saturated rings. The monoisotopic (exact) mass is 414 g/mol. The molecule has 0 amide bonds. The van der Waals surface area contributed by atoms with E-state index < -0.39 is 5.41 Å². The van der Waals surface area contributed by atoms with E-state index in [4.69, 9.17) is 18.9 Å². The number of methoxy groups -OCH3 is 2. The Morgan fingerprint density at radius 3 is 2.10 bits per heavy atom. The van der Waals surface area contributed by atoms with Gasteiger partial charge in [-0.1, -0.05) is 36.4 Å². The van der Waals surface area contributed by atoms with E-state index >= 15 is 0 Å². The van der Waals surface area contributed by atoms with Gasteiger partial charge < -0.3 is 18.9 Å². The van der Waals surface area contributed by atoms with Crippen molar-refractivity contribution >= 4 is 11.9 Å². The average Bonchev–Trinajstić information content (AvgIpc) is 2.77. The number of hydrogen-bond acceptors (Lipinski definition) is 6. The zero-order valence-corrected chi connectivity index (χ0v) is 18.1. The molecule has 0 aromatic heterocycles. The van der Waals surface area contributed by atoms with Crippen LogP contribution in [0.15, 0.2) is 48.5 Å². The Labute approximate surface area is 178 Å². The molecule has 0 aliphatic carbocycles. The van der Waals surface area contributed by atoms with Crippen LogP contribution in [0, 0.1) is 0 Å². The van der Waals surface area contributed by atoms with Crippen molar-refractivity contribution < 1.29 is 28.5 Å². The van der Waals surface area contributed by atoms with E-state index in [1.807, 2.05) is 36.4 Å². The van der Waals surface area contributed by atoms with E-state index in [1.165, 1.54) is 0 Å². The number of rotatable bonds is 11. The summed E-state index contributed by atoms with van der Waals surface area (Å²) in [4.78, 5) is 25.3. The molecule has 2 aromatic rings. The van der Waals surface area contributed by atoms with E-state index in [-0.39, 0.29) is 25.0 Å². The molecule has 0 saturated heterocycles. The Bertz CT molecular complexity index is 833. The maximum Gasteiger partial charge on any atom is 0.321 e. The van der Waals surface area contributed by atoms with Gasteiger partial charge in [-0.05, 0) is 49.9 Å². The Hall–Kier alpha value is -3.02. The molecule has 162 valence electrons. The van der Waals surface area contributed by atoms with E-state index in [0.29, 0.717) is 36.5 Å². The van der Waals surface area contributed by atoms with Gasteiger partial charge in [-0.3, -0.25) is 9.59 Å². The molecule has 1 unspecified atom stereocenters. The fourth-order valence-electron chi connectivity index (χ4n) is 3.60. The molecule has 1 atom stereocenters. The Morgan fingerprint density at radius 2 is 1.50 bits per heavy atom. The zero-order chi connectivity index (χ0) is 22.0. The lowest BCUT2D eigenvalue weighted by molar-refractivity contribution is -0.149. The second-order valence-corrected chi connectivity index (χ2v) is 6.72. The molecule has 6 nitrogen and oxygen atoms in total. The second kappa shape index (κ2) is 11.2. The number of carbonyl (C=O) groups excluding carboxylic acids is 2. The van der Waals surface area contributed by atoms with Crippen LogP contribution in [0.1, 0.15) is 44.2 Å². The number of carbonyl (C=O) groups is 2. The van der Waals surface area contributed by atoms with E-state index in [9.17, 15) is 9.59 Å². The topological polar surface area (TPSA) is 71.1 Å². The third-order valence-corrected chi connectivity index (χ3v) is 5.00. The lowest BCUT2D eigenvalue weighted by Crippen LogP contribution is -2.39. The van der Waals surface area contributed by atoms with Crippen LogP contribution < -0.4 is 9.47 Å². The minimum absolute atomic E-state index is 0.217. The molecule has 0 bridgehead atoms. The molecule has 0 radical (unpaired) electrons. The molecule has 6 heteroatoms. The van der Waals surface area contributed by atoms with Gasteiger partial charge in [-0.15, -0.1) is 0 Å². The molecule has 0 aliphatic heterocycles. The van der Waals surface area contributed by atoms with Crippen molar-refractivity contribution in [3.8, 4) is 11.5 Å². The largest absolute Gasteiger partial charge is 0.493 e. The molecule has 0 saturated carbocycles. The number of benzene rings is 2. The van der Waals surface area contributed by atoms with Gasteiger partial charge in [0.2, 0.25) is 0 Å². The summed E-state index contributed by atoms with van der Waals surface area (Å²) in [5.74, 6) is 0.437. The molecule has 0 spiro atoms. The van der Waals surface area contributed by atoms with E-state index in [1.54, 1.807) is 40.2 Å². The first-order chi connectivity index (χ1) is 14.5. The first kappa shape index (κ1) is 23.3. The van der Waals surface area contributed by atoms with Gasteiger partial charge in [0.05, 0.1) is 27.4 Å². The van der Waals surface area contributed by atoms with Gasteiger partial charge in [0.1, 0.15) is 5.41 Å². The fraction of sp³-hybridized carbons (Fsp3) is 0.417. The summed E-state index contributed by atoms with van der Waals surface area (Å²) in [5.41, 5.74) is 0.414. The summed E-state index contributed by atoms with van der Waals surface area (Å²) < 4.78 is 21.4. The van der Waals surface area contributed by atoms with Gasteiger partial charge in [0, 0.05) is 6.42 Å². The summed E-state index contributed by atoms with van der Waals surface area (Å²) in [6, 6.07) is 14.9. The first-order valence-electron chi connectivity index (χ1n) is 10.1. The highest BCUT2D eigenvalue weighted by Gasteiger charge is 2.43. The zero-order valence-electron chi connectivity index (χ0n) is 18.1. The predicted molar refractivity (Wildman–Crippen MR) is 114 cm³/mol. The van der Waals surface area contributed by atoms with Crippen LogP contribution >= 0.6 is 0 Å². The second-order valence-electron chi connectivity index (χ2n) is 6.72. The molecule has 2 aromatic carbocycles. The Morgan fingerprint density at radius 1 is 0.833 bits per heavy atom. The first-order valence-corrected chi connectivity index (χ1v) is 10.1. The fourth-order valence-corrected chi connectivity index (χ4v) is 3.60. The van der Waals surface area contributed by atoms with Crippen LogP contribution in [-0.2, 0) is 24.5 Å². The molecule has 0 heterocycles. The standard InChI is InChI=1S/C24H30O6/c1-5-29-22(25)13-10-16-24(23(26)30-6-2,18-11-8-7-9-12-18)19-14-15-20(27-3)21(17-19)28-4/h7-9,11-12,14-15,17H,5-6,10,13,16H2,1-4H3. The summed E-state index contributed by atoms with van der Waals surface area (Å²) >= 11 is 0. The maximum absolute atomic E-state index is 13.4. The third kappa shape index (κ3) is 5.12. The van der Waals surface area contributed by atoms with Crippen molar-refractivity contribution in [1.82, 2.24) is 0 Å². The van der Waals surface area contributed by atoms with Crippen molar-refractivity contribution in [3.05, 3.63) is 59.7 Å². The lowest BCUT2D eigenvalue weighted by atomic mass is 9.71. The average molecular weight is 414 g/mol. The molecular formula is C24H30O6. The SMILES string of the molecule is CCOC(=O)CCCC(C(=O)OCC)(c1ccccc1)c1ccc(OC)c(OC)c1. The smallest absolute Gasteiger partial charge is 0.321 e. The summed E-state index contributed by atoms with van der Waals surface area (Å²) in [6.45, 7) is 4.13. The van der Waals surface area contributed by atoms with Crippen LogP contribution in [-0.4, -0.2) is 39.4 Å². The molecule has 30 heavy (non-hydrogen) atoms. The van der Waals surface area contributed by atoms with Crippen LogP contribution in [0.4, 0.5) is 0 Å². The van der Waals surface area contributed by atoms with Gasteiger partial charge in [-0.25, -0.2) is 0 Å².